The van der Waals surface area contributed by atoms with E-state index < -0.39 is 10.0 Å². The Bertz CT molecular complexity index is 763. The van der Waals surface area contributed by atoms with Crippen LogP contribution in [-0.4, -0.2) is 8.42 Å². The second-order valence-corrected chi connectivity index (χ2v) is 6.59. The van der Waals surface area contributed by atoms with Crippen molar-refractivity contribution in [1.82, 2.24) is 0 Å². The van der Waals surface area contributed by atoms with Gasteiger partial charge in [0.2, 0.25) is 10.0 Å². The highest BCUT2D eigenvalue weighted by Gasteiger charge is 2.16. The van der Waals surface area contributed by atoms with Gasteiger partial charge in [-0.2, -0.15) is 0 Å². The molecule has 0 aromatic heterocycles. The number of nitrogen functional groups attached to an aromatic ring is 1. The number of nitrogens with two attached hydrogens (primary N) is 2. The molecule has 0 spiro atoms. The lowest BCUT2D eigenvalue weighted by Gasteiger charge is -2.19. The topological polar surface area (TPSA) is 98.2 Å². The molecule has 21 heavy (non-hydrogen) atoms. The number of rotatable bonds is 4. The van der Waals surface area contributed by atoms with Gasteiger partial charge in [-0.25, -0.2) is 13.6 Å². The Morgan fingerprint density at radius 3 is 2.43 bits per heavy atom. The molecule has 0 aliphatic heterocycles. The molecule has 0 bridgehead atoms. The van der Waals surface area contributed by atoms with Crippen molar-refractivity contribution in [3.05, 3.63) is 53.1 Å². The first kappa shape index (κ1) is 15.6. The molecule has 1 atom stereocenters. The van der Waals surface area contributed by atoms with E-state index in [-0.39, 0.29) is 16.6 Å². The molecule has 5 nitrogen and oxygen atoms in total. The van der Waals surface area contributed by atoms with Crippen LogP contribution in [0.25, 0.3) is 0 Å². The van der Waals surface area contributed by atoms with Crippen LogP contribution in [-0.2, 0) is 10.0 Å². The fourth-order valence-electron chi connectivity index (χ4n) is 2.06. The number of hydrogen-bond donors (Lipinski definition) is 3. The van der Waals surface area contributed by atoms with E-state index in [1.165, 1.54) is 6.07 Å². The summed E-state index contributed by atoms with van der Waals surface area (Å²) in [5.74, 6) is 0. The summed E-state index contributed by atoms with van der Waals surface area (Å²) in [4.78, 5) is -0.0983. The Hall–Kier alpha value is -1.76. The minimum absolute atomic E-state index is 0.0962. The zero-order valence-electron chi connectivity index (χ0n) is 11.4. The number of sulfonamides is 1. The van der Waals surface area contributed by atoms with E-state index in [4.69, 9.17) is 22.5 Å². The van der Waals surface area contributed by atoms with Gasteiger partial charge < -0.3 is 11.1 Å². The van der Waals surface area contributed by atoms with Gasteiger partial charge in [-0.05, 0) is 30.7 Å². The SMILES string of the molecule is CC(Nc1cccc(S(N)(=O)=O)c1N)c1ccccc1Cl. The van der Waals surface area contributed by atoms with Crippen LogP contribution in [0.2, 0.25) is 5.02 Å². The summed E-state index contributed by atoms with van der Waals surface area (Å²) in [6, 6.07) is 11.9. The van der Waals surface area contributed by atoms with Crippen molar-refractivity contribution in [2.75, 3.05) is 11.1 Å². The number of para-hydroxylation sites is 1. The van der Waals surface area contributed by atoms with Crippen molar-refractivity contribution in [3.8, 4) is 0 Å². The molecule has 2 aromatic carbocycles. The maximum absolute atomic E-state index is 11.5. The lowest BCUT2D eigenvalue weighted by Crippen LogP contribution is -2.16. The number of benzene rings is 2. The zero-order valence-corrected chi connectivity index (χ0v) is 12.9. The van der Waals surface area contributed by atoms with Crippen molar-refractivity contribution in [1.29, 1.82) is 0 Å². The summed E-state index contributed by atoms with van der Waals surface area (Å²) in [7, 11) is -3.86. The molecule has 0 heterocycles. The zero-order chi connectivity index (χ0) is 15.6. The van der Waals surface area contributed by atoms with Crippen molar-refractivity contribution < 1.29 is 8.42 Å². The summed E-state index contributed by atoms with van der Waals surface area (Å²) < 4.78 is 22.9. The molecule has 2 aromatic rings. The summed E-state index contributed by atoms with van der Waals surface area (Å²) in [5.41, 5.74) is 7.36. The maximum atomic E-state index is 11.5. The average molecular weight is 326 g/mol. The monoisotopic (exact) mass is 325 g/mol. The van der Waals surface area contributed by atoms with E-state index in [9.17, 15) is 8.42 Å². The van der Waals surface area contributed by atoms with Crippen LogP contribution < -0.4 is 16.2 Å². The lowest BCUT2D eigenvalue weighted by atomic mass is 10.1. The molecule has 0 saturated carbocycles. The first-order valence-electron chi connectivity index (χ1n) is 6.23. The molecule has 0 saturated heterocycles. The lowest BCUT2D eigenvalue weighted by molar-refractivity contribution is 0.598. The van der Waals surface area contributed by atoms with E-state index in [1.807, 2.05) is 25.1 Å². The molecule has 1 unspecified atom stereocenters. The van der Waals surface area contributed by atoms with E-state index in [2.05, 4.69) is 5.32 Å². The molecule has 7 heteroatoms. The smallest absolute Gasteiger partial charge is 0.240 e. The highest BCUT2D eigenvalue weighted by molar-refractivity contribution is 7.89. The number of nitrogens with one attached hydrogen (secondary N) is 1. The molecule has 0 fully saturated rings. The van der Waals surface area contributed by atoms with Gasteiger partial charge in [0, 0.05) is 5.02 Å². The van der Waals surface area contributed by atoms with Crippen LogP contribution >= 0.6 is 11.6 Å². The molecule has 0 aliphatic carbocycles. The number of primary sulfonamides is 1. The standard InChI is InChI=1S/C14H16ClN3O2S/c1-9(10-5-2-3-6-11(10)15)18-12-7-4-8-13(14(12)16)21(17,19)20/h2-9,18H,16H2,1H3,(H2,17,19,20). The van der Waals surface area contributed by atoms with E-state index >= 15 is 0 Å². The third-order valence-electron chi connectivity index (χ3n) is 3.12. The fourth-order valence-corrected chi connectivity index (χ4v) is 3.04. The van der Waals surface area contributed by atoms with Crippen molar-refractivity contribution >= 4 is 33.0 Å². The largest absolute Gasteiger partial charge is 0.396 e. The van der Waals surface area contributed by atoms with Gasteiger partial charge in [0.25, 0.3) is 0 Å². The normalized spacial score (nSPS) is 12.9. The van der Waals surface area contributed by atoms with Crippen molar-refractivity contribution in [2.45, 2.75) is 17.9 Å². The molecular formula is C14H16ClN3O2S. The number of halogens is 1. The second-order valence-electron chi connectivity index (χ2n) is 4.65. The van der Waals surface area contributed by atoms with Gasteiger partial charge in [-0.15, -0.1) is 0 Å². The van der Waals surface area contributed by atoms with Crippen LogP contribution in [0.5, 0.6) is 0 Å². The van der Waals surface area contributed by atoms with E-state index in [1.54, 1.807) is 18.2 Å². The summed E-state index contributed by atoms with van der Waals surface area (Å²) in [5, 5.41) is 8.91. The quantitative estimate of drug-likeness (QED) is 0.753. The third kappa shape index (κ3) is 3.47. The van der Waals surface area contributed by atoms with Gasteiger partial charge in [-0.3, -0.25) is 0 Å². The van der Waals surface area contributed by atoms with Crippen LogP contribution in [0, 0.1) is 0 Å². The van der Waals surface area contributed by atoms with E-state index in [0.717, 1.165) is 5.56 Å². The van der Waals surface area contributed by atoms with Crippen molar-refractivity contribution in [3.63, 3.8) is 0 Å². The fraction of sp³-hybridized carbons (Fsp3) is 0.143. The van der Waals surface area contributed by atoms with Gasteiger partial charge >= 0.3 is 0 Å². The Kier molecular flexibility index (Phi) is 4.41. The van der Waals surface area contributed by atoms with Gasteiger partial charge in [-0.1, -0.05) is 35.9 Å². The first-order valence-corrected chi connectivity index (χ1v) is 8.15. The highest BCUT2D eigenvalue weighted by atomic mass is 35.5. The summed E-state index contributed by atoms with van der Waals surface area (Å²) in [6.07, 6.45) is 0. The third-order valence-corrected chi connectivity index (χ3v) is 4.43. The summed E-state index contributed by atoms with van der Waals surface area (Å²) in [6.45, 7) is 1.91. The molecule has 0 radical (unpaired) electrons. The highest BCUT2D eigenvalue weighted by Crippen LogP contribution is 2.31. The van der Waals surface area contributed by atoms with Crippen LogP contribution in [0.15, 0.2) is 47.4 Å². The molecule has 5 N–H and O–H groups in total. The Morgan fingerprint density at radius 1 is 1.14 bits per heavy atom. The first-order chi connectivity index (χ1) is 9.80. The Labute approximate surface area is 129 Å². The molecule has 112 valence electrons. The number of anilines is 2. The predicted octanol–water partition coefficient (Wildman–Crippen LogP) is 2.74. The molecule has 0 aliphatic rings. The molecule has 2 rings (SSSR count). The minimum Gasteiger partial charge on any atom is -0.396 e. The van der Waals surface area contributed by atoms with Crippen LogP contribution in [0.3, 0.4) is 0 Å². The van der Waals surface area contributed by atoms with Crippen molar-refractivity contribution in [2.24, 2.45) is 5.14 Å². The Morgan fingerprint density at radius 2 is 1.81 bits per heavy atom. The Balaban J connectivity index is 2.35. The maximum Gasteiger partial charge on any atom is 0.240 e. The van der Waals surface area contributed by atoms with Crippen LogP contribution in [0.4, 0.5) is 11.4 Å². The summed E-state index contributed by atoms with van der Waals surface area (Å²) >= 11 is 6.14. The van der Waals surface area contributed by atoms with Gasteiger partial charge in [0.05, 0.1) is 17.4 Å². The minimum atomic E-state index is -3.86. The molecular weight excluding hydrogens is 310 g/mol. The predicted molar refractivity (Wildman–Crippen MR) is 85.7 cm³/mol. The van der Waals surface area contributed by atoms with Gasteiger partial charge in [0.15, 0.2) is 0 Å². The second kappa shape index (κ2) is 5.93. The van der Waals surface area contributed by atoms with Gasteiger partial charge in [0.1, 0.15) is 4.90 Å². The average Bonchev–Trinajstić information content (AvgIpc) is 2.40. The van der Waals surface area contributed by atoms with E-state index in [0.29, 0.717) is 10.7 Å². The molecule has 0 amide bonds. The van der Waals surface area contributed by atoms with Crippen LogP contribution in [0.1, 0.15) is 18.5 Å². The number of hydrogen-bond acceptors (Lipinski definition) is 4.